The Bertz CT molecular complexity index is 426. The normalized spacial score (nSPS) is 20.9. The molecule has 0 radical (unpaired) electrons. The molecule has 1 aliphatic rings. The van der Waals surface area contributed by atoms with E-state index < -0.39 is 0 Å². The Balaban J connectivity index is 2.07. The molecule has 0 amide bonds. The van der Waals surface area contributed by atoms with Crippen molar-refractivity contribution in [3.8, 4) is 0 Å². The molecule has 112 valence electrons. The van der Waals surface area contributed by atoms with Crippen LogP contribution in [0.5, 0.6) is 0 Å². The first-order valence-corrected chi connectivity index (χ1v) is 8.60. The molecule has 0 spiro atoms. The summed E-state index contributed by atoms with van der Waals surface area (Å²) in [6, 6.07) is 4.73. The zero-order valence-corrected chi connectivity index (χ0v) is 13.3. The quantitative estimate of drug-likeness (QED) is 0.867. The monoisotopic (exact) mass is 317 g/mol. The molecule has 1 saturated heterocycles. The summed E-state index contributed by atoms with van der Waals surface area (Å²) in [5, 5.41) is 4.14. The first-order chi connectivity index (χ1) is 9.70. The van der Waals surface area contributed by atoms with E-state index >= 15 is 0 Å². The highest BCUT2D eigenvalue weighted by Crippen LogP contribution is 2.23. The van der Waals surface area contributed by atoms with Crippen molar-refractivity contribution in [1.29, 1.82) is 0 Å². The summed E-state index contributed by atoms with van der Waals surface area (Å²) in [7, 11) is 0. The van der Waals surface area contributed by atoms with E-state index in [-0.39, 0.29) is 18.0 Å². The molecule has 0 saturated carbocycles. The van der Waals surface area contributed by atoms with E-state index in [2.05, 4.69) is 12.2 Å². The van der Waals surface area contributed by atoms with Gasteiger partial charge in [-0.05, 0) is 43.1 Å². The molecule has 1 fully saturated rings. The van der Waals surface area contributed by atoms with Gasteiger partial charge in [-0.3, -0.25) is 0 Å². The molecular formula is C15H21ClFNOS. The summed E-state index contributed by atoms with van der Waals surface area (Å²) < 4.78 is 19.2. The van der Waals surface area contributed by atoms with Crippen LogP contribution in [0.3, 0.4) is 0 Å². The minimum atomic E-state index is -0.238. The van der Waals surface area contributed by atoms with Crippen LogP contribution in [0.4, 0.5) is 4.39 Å². The number of rotatable bonds is 6. The SMILES string of the molecule is CCCNC(Cc1cc(F)ccc1Cl)C1CSCCO1. The third-order valence-corrected chi connectivity index (χ3v) is 4.78. The van der Waals surface area contributed by atoms with Crippen LogP contribution in [0.25, 0.3) is 0 Å². The fraction of sp³-hybridized carbons (Fsp3) is 0.600. The van der Waals surface area contributed by atoms with Crippen LogP contribution in [-0.4, -0.2) is 36.8 Å². The Kier molecular flexibility index (Phi) is 6.62. The second-order valence-corrected chi connectivity index (χ2v) is 6.54. The lowest BCUT2D eigenvalue weighted by molar-refractivity contribution is 0.0472. The summed E-state index contributed by atoms with van der Waals surface area (Å²) in [6.45, 7) is 3.86. The summed E-state index contributed by atoms with van der Waals surface area (Å²) in [5.74, 6) is 1.80. The molecule has 2 rings (SSSR count). The van der Waals surface area contributed by atoms with Gasteiger partial charge in [-0.2, -0.15) is 11.8 Å². The van der Waals surface area contributed by atoms with Crippen LogP contribution in [0.15, 0.2) is 18.2 Å². The number of benzene rings is 1. The van der Waals surface area contributed by atoms with Gasteiger partial charge in [0.15, 0.2) is 0 Å². The van der Waals surface area contributed by atoms with Crippen molar-refractivity contribution in [1.82, 2.24) is 5.32 Å². The van der Waals surface area contributed by atoms with Crippen molar-refractivity contribution in [2.45, 2.75) is 31.9 Å². The lowest BCUT2D eigenvalue weighted by Gasteiger charge is -2.31. The van der Waals surface area contributed by atoms with E-state index in [1.54, 1.807) is 6.07 Å². The van der Waals surface area contributed by atoms with Gasteiger partial charge in [0, 0.05) is 22.6 Å². The Morgan fingerprint density at radius 2 is 2.40 bits per heavy atom. The molecule has 1 heterocycles. The molecule has 20 heavy (non-hydrogen) atoms. The van der Waals surface area contributed by atoms with Crippen LogP contribution in [0, 0.1) is 5.82 Å². The second kappa shape index (κ2) is 8.23. The Morgan fingerprint density at radius 3 is 3.10 bits per heavy atom. The van der Waals surface area contributed by atoms with Crippen molar-refractivity contribution in [3.05, 3.63) is 34.6 Å². The smallest absolute Gasteiger partial charge is 0.123 e. The molecule has 0 aliphatic carbocycles. The average Bonchev–Trinajstić information content (AvgIpc) is 2.48. The number of halogens is 2. The molecule has 2 unspecified atom stereocenters. The van der Waals surface area contributed by atoms with Crippen molar-refractivity contribution in [3.63, 3.8) is 0 Å². The summed E-state index contributed by atoms with van der Waals surface area (Å²) in [5.41, 5.74) is 0.847. The summed E-state index contributed by atoms with van der Waals surface area (Å²) >= 11 is 8.08. The van der Waals surface area contributed by atoms with E-state index in [0.717, 1.165) is 36.6 Å². The van der Waals surface area contributed by atoms with Crippen LogP contribution in [-0.2, 0) is 11.2 Å². The second-order valence-electron chi connectivity index (χ2n) is 4.98. The zero-order chi connectivity index (χ0) is 14.4. The third-order valence-electron chi connectivity index (χ3n) is 3.39. The molecule has 1 N–H and O–H groups in total. The number of hydrogen-bond acceptors (Lipinski definition) is 3. The van der Waals surface area contributed by atoms with Crippen LogP contribution in [0.2, 0.25) is 5.02 Å². The first-order valence-electron chi connectivity index (χ1n) is 7.07. The Labute approximate surface area is 129 Å². The fourth-order valence-electron chi connectivity index (χ4n) is 2.34. The van der Waals surface area contributed by atoms with E-state index in [0.29, 0.717) is 11.4 Å². The van der Waals surface area contributed by atoms with E-state index in [9.17, 15) is 4.39 Å². The highest BCUT2D eigenvalue weighted by molar-refractivity contribution is 7.99. The molecule has 1 aromatic carbocycles. The maximum absolute atomic E-state index is 13.4. The molecule has 1 aromatic rings. The summed E-state index contributed by atoms with van der Waals surface area (Å²) in [6.07, 6.45) is 1.93. The van der Waals surface area contributed by atoms with Crippen molar-refractivity contribution < 1.29 is 9.13 Å². The third kappa shape index (κ3) is 4.62. The minimum absolute atomic E-state index is 0.166. The predicted molar refractivity (Wildman–Crippen MR) is 84.3 cm³/mol. The standard InChI is InChI=1S/C15H21ClFNOS/c1-2-5-18-14(15-10-20-7-6-19-15)9-11-8-12(17)3-4-13(11)16/h3-4,8,14-15,18H,2,5-7,9-10H2,1H3. The molecule has 5 heteroatoms. The van der Waals surface area contributed by atoms with Gasteiger partial charge >= 0.3 is 0 Å². The number of nitrogens with one attached hydrogen (secondary N) is 1. The van der Waals surface area contributed by atoms with Gasteiger partial charge in [-0.25, -0.2) is 4.39 Å². The maximum atomic E-state index is 13.4. The van der Waals surface area contributed by atoms with Gasteiger partial charge in [0.05, 0.1) is 12.7 Å². The van der Waals surface area contributed by atoms with E-state index in [1.165, 1.54) is 12.1 Å². The number of ether oxygens (including phenoxy) is 1. The molecule has 2 atom stereocenters. The van der Waals surface area contributed by atoms with Crippen molar-refractivity contribution >= 4 is 23.4 Å². The van der Waals surface area contributed by atoms with Gasteiger partial charge < -0.3 is 10.1 Å². The fourth-order valence-corrected chi connectivity index (χ4v) is 3.48. The largest absolute Gasteiger partial charge is 0.375 e. The van der Waals surface area contributed by atoms with Crippen LogP contribution < -0.4 is 5.32 Å². The topological polar surface area (TPSA) is 21.3 Å². The lowest BCUT2D eigenvalue weighted by atomic mass is 10.0. The van der Waals surface area contributed by atoms with Crippen molar-refractivity contribution in [2.24, 2.45) is 0 Å². The molecule has 0 aromatic heterocycles. The van der Waals surface area contributed by atoms with Gasteiger partial charge in [0.1, 0.15) is 5.82 Å². The first kappa shape index (κ1) is 16.1. The van der Waals surface area contributed by atoms with Gasteiger partial charge in [-0.15, -0.1) is 0 Å². The predicted octanol–water partition coefficient (Wildman–Crippen LogP) is 3.52. The molecular weight excluding hydrogens is 297 g/mol. The highest BCUT2D eigenvalue weighted by Gasteiger charge is 2.25. The highest BCUT2D eigenvalue weighted by atomic mass is 35.5. The van der Waals surface area contributed by atoms with Gasteiger partial charge in [-0.1, -0.05) is 18.5 Å². The molecule has 0 bridgehead atoms. The van der Waals surface area contributed by atoms with Crippen molar-refractivity contribution in [2.75, 3.05) is 24.7 Å². The summed E-state index contributed by atoms with van der Waals surface area (Å²) in [4.78, 5) is 0. The Morgan fingerprint density at radius 1 is 1.55 bits per heavy atom. The molecule has 2 nitrogen and oxygen atoms in total. The Hall–Kier alpha value is -0.290. The number of thioether (sulfide) groups is 1. The van der Waals surface area contributed by atoms with E-state index in [1.807, 2.05) is 11.8 Å². The van der Waals surface area contributed by atoms with E-state index in [4.69, 9.17) is 16.3 Å². The molecule has 1 aliphatic heterocycles. The van der Waals surface area contributed by atoms with Crippen LogP contribution in [0.1, 0.15) is 18.9 Å². The van der Waals surface area contributed by atoms with Gasteiger partial charge in [0.25, 0.3) is 0 Å². The maximum Gasteiger partial charge on any atom is 0.123 e. The number of hydrogen-bond donors (Lipinski definition) is 1. The van der Waals surface area contributed by atoms with Crippen LogP contribution >= 0.6 is 23.4 Å². The zero-order valence-electron chi connectivity index (χ0n) is 11.7. The van der Waals surface area contributed by atoms with Gasteiger partial charge in [0.2, 0.25) is 0 Å². The average molecular weight is 318 g/mol. The minimum Gasteiger partial charge on any atom is -0.375 e. The lowest BCUT2D eigenvalue weighted by Crippen LogP contribution is -2.46.